The van der Waals surface area contributed by atoms with Gasteiger partial charge in [-0.05, 0) is 42.5 Å². The predicted molar refractivity (Wildman–Crippen MR) is 105 cm³/mol. The molecule has 1 heterocycles. The van der Waals surface area contributed by atoms with Gasteiger partial charge < -0.3 is 9.64 Å². The predicted octanol–water partition coefficient (Wildman–Crippen LogP) is 4.26. The second-order valence-electron chi connectivity index (χ2n) is 5.82. The molecule has 3 rings (SSSR count). The van der Waals surface area contributed by atoms with Crippen molar-refractivity contribution < 1.29 is 14.5 Å². The van der Waals surface area contributed by atoms with Crippen molar-refractivity contribution >= 4 is 28.9 Å². The zero-order valence-corrected chi connectivity index (χ0v) is 15.5. The van der Waals surface area contributed by atoms with Gasteiger partial charge in [-0.25, -0.2) is 0 Å². The Morgan fingerprint density at radius 1 is 1.11 bits per heavy atom. The van der Waals surface area contributed by atoms with Gasteiger partial charge in [0.25, 0.3) is 11.6 Å². The molecule has 142 valence electrons. The van der Waals surface area contributed by atoms with Crippen LogP contribution in [0.3, 0.4) is 0 Å². The normalized spacial score (nSPS) is 10.3. The first-order valence-corrected chi connectivity index (χ1v) is 8.74. The maximum atomic E-state index is 12.8. The number of amides is 1. The van der Waals surface area contributed by atoms with Crippen LogP contribution in [0.2, 0.25) is 5.02 Å². The molecule has 1 aromatic heterocycles. The molecule has 8 heteroatoms. The summed E-state index contributed by atoms with van der Waals surface area (Å²) in [6, 6.07) is 18.0. The number of carbonyl (C=O) groups is 1. The summed E-state index contributed by atoms with van der Waals surface area (Å²) >= 11 is 5.94. The van der Waals surface area contributed by atoms with Gasteiger partial charge in [0, 0.05) is 23.0 Å². The Morgan fingerprint density at radius 2 is 1.89 bits per heavy atom. The lowest BCUT2D eigenvalue weighted by atomic mass is 10.2. The minimum atomic E-state index is -0.518. The van der Waals surface area contributed by atoms with E-state index in [9.17, 15) is 14.9 Å². The van der Waals surface area contributed by atoms with Gasteiger partial charge >= 0.3 is 0 Å². The molecule has 7 nitrogen and oxygen atoms in total. The summed E-state index contributed by atoms with van der Waals surface area (Å²) in [5.41, 5.74) is 1.25. The number of nitro groups is 1. The number of benzene rings is 2. The van der Waals surface area contributed by atoms with Crippen LogP contribution in [0.5, 0.6) is 5.75 Å². The molecule has 0 aliphatic rings. The van der Waals surface area contributed by atoms with Gasteiger partial charge in [0.1, 0.15) is 5.75 Å². The van der Waals surface area contributed by atoms with Crippen LogP contribution < -0.4 is 9.64 Å². The Labute approximate surface area is 166 Å². The molecule has 2 aromatic carbocycles. The Balaban J connectivity index is 1.77. The van der Waals surface area contributed by atoms with Crippen LogP contribution >= 0.6 is 11.6 Å². The Kier molecular flexibility index (Phi) is 6.18. The summed E-state index contributed by atoms with van der Waals surface area (Å²) in [6.07, 6.45) is 1.65. The zero-order valence-electron chi connectivity index (χ0n) is 14.7. The van der Waals surface area contributed by atoms with Gasteiger partial charge in [0.15, 0.2) is 6.61 Å². The van der Waals surface area contributed by atoms with E-state index in [0.29, 0.717) is 16.4 Å². The number of ether oxygens (including phenoxy) is 1. The van der Waals surface area contributed by atoms with Crippen molar-refractivity contribution in [2.45, 2.75) is 6.54 Å². The number of aromatic nitrogens is 1. The second-order valence-corrected chi connectivity index (χ2v) is 6.26. The number of carbonyl (C=O) groups excluding carboxylic acids is 1. The number of halogens is 1. The smallest absolute Gasteiger partial charge is 0.273 e. The largest absolute Gasteiger partial charge is 0.483 e. The van der Waals surface area contributed by atoms with E-state index >= 15 is 0 Å². The molecule has 0 bridgehead atoms. The Hall–Kier alpha value is -3.45. The van der Waals surface area contributed by atoms with Crippen molar-refractivity contribution in [3.8, 4) is 5.75 Å². The highest BCUT2D eigenvalue weighted by Gasteiger charge is 2.18. The fourth-order valence-electron chi connectivity index (χ4n) is 2.51. The van der Waals surface area contributed by atoms with E-state index < -0.39 is 4.92 Å². The number of hydrogen-bond acceptors (Lipinski definition) is 5. The molecule has 0 aliphatic carbocycles. The molecular formula is C20H16ClN3O4. The van der Waals surface area contributed by atoms with Crippen LogP contribution in [-0.2, 0) is 11.3 Å². The first-order chi connectivity index (χ1) is 13.5. The van der Waals surface area contributed by atoms with Crippen molar-refractivity contribution in [1.82, 2.24) is 4.98 Å². The summed E-state index contributed by atoms with van der Waals surface area (Å²) < 4.78 is 5.48. The van der Waals surface area contributed by atoms with Gasteiger partial charge in [-0.3, -0.25) is 19.9 Å². The number of rotatable bonds is 7. The Morgan fingerprint density at radius 3 is 2.57 bits per heavy atom. The van der Waals surface area contributed by atoms with Crippen LogP contribution in [0, 0.1) is 10.1 Å². The van der Waals surface area contributed by atoms with Crippen LogP contribution in [0.4, 0.5) is 11.4 Å². The third-order valence-electron chi connectivity index (χ3n) is 3.88. The van der Waals surface area contributed by atoms with Crippen molar-refractivity contribution in [1.29, 1.82) is 0 Å². The highest BCUT2D eigenvalue weighted by atomic mass is 35.5. The van der Waals surface area contributed by atoms with E-state index in [1.165, 1.54) is 23.1 Å². The molecule has 0 saturated heterocycles. The van der Waals surface area contributed by atoms with Crippen molar-refractivity contribution in [3.63, 3.8) is 0 Å². The molecule has 0 saturated carbocycles. The minimum absolute atomic E-state index is 0.104. The molecular weight excluding hydrogens is 382 g/mol. The molecule has 0 aliphatic heterocycles. The van der Waals surface area contributed by atoms with E-state index in [1.54, 1.807) is 42.6 Å². The first-order valence-electron chi connectivity index (χ1n) is 8.36. The van der Waals surface area contributed by atoms with E-state index in [-0.39, 0.29) is 30.5 Å². The number of anilines is 1. The van der Waals surface area contributed by atoms with Crippen LogP contribution in [0.25, 0.3) is 0 Å². The molecule has 0 unspecified atom stereocenters. The van der Waals surface area contributed by atoms with Gasteiger partial charge in [-0.2, -0.15) is 0 Å². The maximum absolute atomic E-state index is 12.8. The highest BCUT2D eigenvalue weighted by molar-refractivity contribution is 6.30. The zero-order chi connectivity index (χ0) is 19.9. The van der Waals surface area contributed by atoms with Crippen LogP contribution in [-0.4, -0.2) is 22.4 Å². The fraction of sp³-hybridized carbons (Fsp3) is 0.100. The lowest BCUT2D eigenvalue weighted by molar-refractivity contribution is -0.384. The molecule has 3 aromatic rings. The summed E-state index contributed by atoms with van der Waals surface area (Å²) in [4.78, 5) is 29.0. The van der Waals surface area contributed by atoms with Crippen molar-refractivity contribution in [2.75, 3.05) is 11.5 Å². The molecule has 0 spiro atoms. The molecule has 0 atom stereocenters. The topological polar surface area (TPSA) is 85.6 Å². The summed E-state index contributed by atoms with van der Waals surface area (Å²) in [7, 11) is 0. The number of nitro benzene ring substituents is 1. The van der Waals surface area contributed by atoms with Crippen LogP contribution in [0.1, 0.15) is 5.69 Å². The maximum Gasteiger partial charge on any atom is 0.273 e. The molecule has 0 N–H and O–H groups in total. The van der Waals surface area contributed by atoms with Gasteiger partial charge in [0.05, 0.1) is 23.2 Å². The van der Waals surface area contributed by atoms with Crippen molar-refractivity contribution in [3.05, 3.63) is 93.8 Å². The van der Waals surface area contributed by atoms with E-state index in [0.717, 1.165) is 0 Å². The third kappa shape index (κ3) is 5.05. The Bertz CT molecular complexity index is 965. The van der Waals surface area contributed by atoms with Gasteiger partial charge in [0.2, 0.25) is 0 Å². The number of hydrogen-bond donors (Lipinski definition) is 0. The SMILES string of the molecule is O=C(COc1cccc([N+](=O)[O-])c1)N(Cc1ccccn1)c1ccc(Cl)cc1. The third-order valence-corrected chi connectivity index (χ3v) is 4.13. The minimum Gasteiger partial charge on any atom is -0.483 e. The molecule has 28 heavy (non-hydrogen) atoms. The van der Waals surface area contributed by atoms with Crippen molar-refractivity contribution in [2.24, 2.45) is 0 Å². The number of non-ortho nitro benzene ring substituents is 1. The van der Waals surface area contributed by atoms with Gasteiger partial charge in [-0.1, -0.05) is 23.7 Å². The number of nitrogens with zero attached hydrogens (tertiary/aromatic N) is 3. The lowest BCUT2D eigenvalue weighted by Gasteiger charge is -2.22. The summed E-state index contributed by atoms with van der Waals surface area (Å²) in [6.45, 7) is -0.0315. The van der Waals surface area contributed by atoms with Crippen LogP contribution in [0.15, 0.2) is 72.9 Å². The van der Waals surface area contributed by atoms with E-state index in [2.05, 4.69) is 4.98 Å². The highest BCUT2D eigenvalue weighted by Crippen LogP contribution is 2.22. The standard InChI is InChI=1S/C20H16ClN3O4/c21-15-7-9-17(10-8-15)23(13-16-4-1-2-11-22-16)20(25)14-28-19-6-3-5-18(12-19)24(26)27/h1-12H,13-14H2. The quantitative estimate of drug-likeness (QED) is 0.439. The fourth-order valence-corrected chi connectivity index (χ4v) is 2.63. The first kappa shape index (κ1) is 19.3. The van der Waals surface area contributed by atoms with E-state index in [1.807, 2.05) is 12.1 Å². The number of pyridine rings is 1. The second kappa shape index (κ2) is 8.96. The lowest BCUT2D eigenvalue weighted by Crippen LogP contribution is -2.34. The average molecular weight is 398 g/mol. The van der Waals surface area contributed by atoms with Gasteiger partial charge in [-0.15, -0.1) is 0 Å². The summed E-state index contributed by atoms with van der Waals surface area (Å²) in [5.74, 6) is -0.0732. The average Bonchev–Trinajstić information content (AvgIpc) is 2.72. The molecule has 0 fully saturated rings. The molecule has 0 radical (unpaired) electrons. The van der Waals surface area contributed by atoms with E-state index in [4.69, 9.17) is 16.3 Å². The molecule has 1 amide bonds. The summed E-state index contributed by atoms with van der Waals surface area (Å²) in [5, 5.41) is 11.4. The monoisotopic (exact) mass is 397 g/mol.